The third-order valence-corrected chi connectivity index (χ3v) is 4.42. The van der Waals surface area contributed by atoms with E-state index in [9.17, 15) is 13.2 Å². The Bertz CT molecular complexity index is 1160. The Morgan fingerprint density at radius 3 is 2.73 bits per heavy atom. The number of aryl methyl sites for hydroxylation is 1. The summed E-state index contributed by atoms with van der Waals surface area (Å²) in [6.07, 6.45) is -3.89. The van der Waals surface area contributed by atoms with E-state index in [2.05, 4.69) is 36.6 Å². The van der Waals surface area contributed by atoms with Crippen LogP contribution in [0.5, 0.6) is 0 Å². The fraction of sp³-hybridized carbons (Fsp3) is 0.150. The van der Waals surface area contributed by atoms with E-state index in [0.29, 0.717) is 39.2 Å². The van der Waals surface area contributed by atoms with Gasteiger partial charge in [0.15, 0.2) is 5.82 Å². The molecule has 6 nitrogen and oxygen atoms in total. The Labute approximate surface area is 174 Å². The van der Waals surface area contributed by atoms with Crippen LogP contribution in [0.25, 0.3) is 11.0 Å². The molecule has 4 rings (SSSR count). The van der Waals surface area contributed by atoms with E-state index in [4.69, 9.17) is 11.6 Å². The zero-order valence-electron chi connectivity index (χ0n) is 15.4. The number of aromatic amines is 1. The van der Waals surface area contributed by atoms with Gasteiger partial charge in [0.1, 0.15) is 10.8 Å². The highest BCUT2D eigenvalue weighted by Gasteiger charge is 2.27. The summed E-state index contributed by atoms with van der Waals surface area (Å²) >= 11 is 6.17. The van der Waals surface area contributed by atoms with Crippen molar-refractivity contribution in [3.63, 3.8) is 0 Å². The Balaban J connectivity index is 1.51. The predicted octanol–water partition coefficient (Wildman–Crippen LogP) is 5.79. The Kier molecular flexibility index (Phi) is 5.45. The van der Waals surface area contributed by atoms with Gasteiger partial charge in [0.05, 0.1) is 23.7 Å². The molecule has 0 unspecified atom stereocenters. The lowest BCUT2D eigenvalue weighted by Gasteiger charge is -2.10. The summed E-state index contributed by atoms with van der Waals surface area (Å²) in [5.41, 5.74) is 2.53. The van der Waals surface area contributed by atoms with Crippen molar-refractivity contribution in [3.05, 3.63) is 65.6 Å². The maximum atomic E-state index is 12.4. The number of hydrogen-bond donors (Lipinski definition) is 3. The van der Waals surface area contributed by atoms with Crippen molar-refractivity contribution in [2.75, 3.05) is 10.6 Å². The van der Waals surface area contributed by atoms with Gasteiger partial charge < -0.3 is 15.6 Å². The first-order valence-corrected chi connectivity index (χ1v) is 9.32. The number of halogens is 4. The van der Waals surface area contributed by atoms with Gasteiger partial charge in [-0.25, -0.2) is 9.97 Å². The van der Waals surface area contributed by atoms with Gasteiger partial charge in [-0.15, -0.1) is 0 Å². The average Bonchev–Trinajstić information content (AvgIpc) is 3.12. The van der Waals surface area contributed by atoms with E-state index in [1.54, 1.807) is 24.3 Å². The maximum absolute atomic E-state index is 12.4. The molecule has 10 heteroatoms. The molecule has 30 heavy (non-hydrogen) atoms. The molecule has 0 aliphatic rings. The van der Waals surface area contributed by atoms with Crippen LogP contribution < -0.4 is 10.6 Å². The molecular formula is C20H15ClF3N6. The number of benzene rings is 2. The molecule has 0 saturated heterocycles. The number of fused-ring (bicyclic) bond motifs is 1. The van der Waals surface area contributed by atoms with Gasteiger partial charge in [-0.1, -0.05) is 29.8 Å². The zero-order valence-corrected chi connectivity index (χ0v) is 16.1. The van der Waals surface area contributed by atoms with Gasteiger partial charge in [0.25, 0.3) is 0 Å². The smallest absolute Gasteiger partial charge is 0.342 e. The van der Waals surface area contributed by atoms with Gasteiger partial charge in [-0.05, 0) is 24.3 Å². The van der Waals surface area contributed by atoms with Crippen LogP contribution in [0.4, 0.5) is 36.3 Å². The van der Waals surface area contributed by atoms with E-state index >= 15 is 0 Å². The van der Waals surface area contributed by atoms with Crippen LogP contribution in [0.1, 0.15) is 12.2 Å². The highest BCUT2D eigenvalue weighted by Crippen LogP contribution is 2.26. The number of nitrogens with zero attached hydrogens (tertiary/aromatic N) is 3. The van der Waals surface area contributed by atoms with Crippen molar-refractivity contribution in [2.24, 2.45) is 0 Å². The molecule has 153 valence electrons. The van der Waals surface area contributed by atoms with E-state index in [0.717, 1.165) is 0 Å². The Morgan fingerprint density at radius 1 is 1.10 bits per heavy atom. The van der Waals surface area contributed by atoms with Gasteiger partial charge in [0, 0.05) is 23.9 Å². The van der Waals surface area contributed by atoms with Gasteiger partial charge >= 0.3 is 6.18 Å². The lowest BCUT2D eigenvalue weighted by Crippen LogP contribution is -2.09. The lowest BCUT2D eigenvalue weighted by atomic mass is 10.3. The standard InChI is InChI=1S/C20H15ClF3N6/c21-14-11-25-19(30-18(14)26-12-4-2-1-3-5-12)27-13-6-7-15-16(10-13)29-17(28-15)8-9-20(22,23)24/h1-4,6-7,10-11H,8-9H2,(H,28,29)(H2,25,26,27,30). The summed E-state index contributed by atoms with van der Waals surface area (Å²) in [6.45, 7) is 0. The van der Waals surface area contributed by atoms with Crippen LogP contribution in [0.3, 0.4) is 0 Å². The number of aromatic nitrogens is 4. The highest BCUT2D eigenvalue weighted by atomic mass is 35.5. The van der Waals surface area contributed by atoms with Crippen LogP contribution in [-0.2, 0) is 6.42 Å². The number of imidazole rings is 1. The summed E-state index contributed by atoms with van der Waals surface area (Å²) in [7, 11) is 0. The monoisotopic (exact) mass is 431 g/mol. The van der Waals surface area contributed by atoms with E-state index < -0.39 is 12.6 Å². The van der Waals surface area contributed by atoms with Gasteiger partial charge in [0.2, 0.25) is 5.95 Å². The van der Waals surface area contributed by atoms with E-state index in [1.165, 1.54) is 6.20 Å². The predicted molar refractivity (Wildman–Crippen MR) is 109 cm³/mol. The summed E-state index contributed by atoms with van der Waals surface area (Å²) in [4.78, 5) is 15.7. The molecule has 0 atom stereocenters. The van der Waals surface area contributed by atoms with Crippen LogP contribution in [0, 0.1) is 6.07 Å². The summed E-state index contributed by atoms with van der Waals surface area (Å²) < 4.78 is 37.3. The minimum atomic E-state index is -4.22. The number of rotatable bonds is 6. The quantitative estimate of drug-likeness (QED) is 0.360. The molecule has 0 bridgehead atoms. The van der Waals surface area contributed by atoms with Crippen molar-refractivity contribution in [3.8, 4) is 0 Å². The molecule has 2 aromatic heterocycles. The second kappa shape index (κ2) is 8.19. The number of H-pyrrole nitrogens is 1. The lowest BCUT2D eigenvalue weighted by molar-refractivity contribution is -0.134. The maximum Gasteiger partial charge on any atom is 0.389 e. The SMILES string of the molecule is FC(F)(F)CCc1nc2cc(Nc3ncc(Cl)c(Nc4[c]cccc4)n3)ccc2[nH]1. The largest absolute Gasteiger partial charge is 0.389 e. The van der Waals surface area contributed by atoms with Crippen molar-refractivity contribution < 1.29 is 13.2 Å². The van der Waals surface area contributed by atoms with Gasteiger partial charge in [-0.3, -0.25) is 0 Å². The molecule has 1 radical (unpaired) electrons. The number of anilines is 4. The fourth-order valence-electron chi connectivity index (χ4n) is 2.76. The minimum Gasteiger partial charge on any atom is -0.342 e. The third kappa shape index (κ3) is 4.98. The number of nitrogens with one attached hydrogen (secondary N) is 3. The number of hydrogen-bond acceptors (Lipinski definition) is 5. The van der Waals surface area contributed by atoms with Crippen molar-refractivity contribution in [1.29, 1.82) is 0 Å². The third-order valence-electron chi connectivity index (χ3n) is 4.14. The first-order valence-electron chi connectivity index (χ1n) is 8.94. The fourth-order valence-corrected chi connectivity index (χ4v) is 2.90. The molecule has 0 spiro atoms. The zero-order chi connectivity index (χ0) is 21.1. The van der Waals surface area contributed by atoms with Crippen LogP contribution in [0.15, 0.2) is 48.7 Å². The van der Waals surface area contributed by atoms with Gasteiger partial charge in [-0.2, -0.15) is 18.2 Å². The number of alkyl halides is 3. The van der Waals surface area contributed by atoms with Crippen LogP contribution in [0.2, 0.25) is 5.02 Å². The molecule has 0 fully saturated rings. The first-order chi connectivity index (χ1) is 14.4. The molecule has 2 aromatic carbocycles. The first kappa shape index (κ1) is 20.0. The summed E-state index contributed by atoms with van der Waals surface area (Å²) in [6, 6.07) is 15.5. The molecule has 2 heterocycles. The second-order valence-corrected chi connectivity index (χ2v) is 6.85. The molecule has 0 aliphatic carbocycles. The van der Waals surface area contributed by atoms with Crippen LogP contribution >= 0.6 is 11.6 Å². The van der Waals surface area contributed by atoms with Crippen molar-refractivity contribution in [2.45, 2.75) is 19.0 Å². The number of para-hydroxylation sites is 1. The molecule has 3 N–H and O–H groups in total. The Hall–Kier alpha value is -3.33. The van der Waals surface area contributed by atoms with E-state index in [1.807, 2.05) is 18.2 Å². The summed E-state index contributed by atoms with van der Waals surface area (Å²) in [5, 5.41) is 6.46. The normalized spacial score (nSPS) is 11.6. The van der Waals surface area contributed by atoms with Crippen LogP contribution in [-0.4, -0.2) is 26.1 Å². The van der Waals surface area contributed by atoms with Crippen molar-refractivity contribution >= 4 is 45.8 Å². The average molecular weight is 432 g/mol. The molecule has 4 aromatic rings. The molecular weight excluding hydrogens is 417 g/mol. The van der Waals surface area contributed by atoms with E-state index in [-0.39, 0.29) is 12.2 Å². The minimum absolute atomic E-state index is 0.202. The second-order valence-electron chi connectivity index (χ2n) is 6.45. The molecule has 0 amide bonds. The van der Waals surface area contributed by atoms with Crippen molar-refractivity contribution in [1.82, 2.24) is 19.9 Å². The molecule has 0 saturated carbocycles. The topological polar surface area (TPSA) is 78.5 Å². The molecule has 0 aliphatic heterocycles. The highest BCUT2D eigenvalue weighted by molar-refractivity contribution is 6.32. The Morgan fingerprint density at radius 2 is 1.97 bits per heavy atom. The summed E-state index contributed by atoms with van der Waals surface area (Å²) in [5.74, 6) is 0.990.